The highest BCUT2D eigenvalue weighted by Gasteiger charge is 2.45. The Morgan fingerprint density at radius 3 is 2.56 bits per heavy atom. The molecule has 0 radical (unpaired) electrons. The van der Waals surface area contributed by atoms with Crippen LogP contribution >= 0.6 is 0 Å². The number of amides is 1. The molecular formula is C11H16N2O3. The molecule has 1 saturated carbocycles. The Morgan fingerprint density at radius 2 is 2.19 bits per heavy atom. The van der Waals surface area contributed by atoms with Crippen LogP contribution in [0.5, 0.6) is 0 Å². The SMILES string of the molecule is C#CCNC(=O)C(C)NC1(C(=O)O)CCC1. The number of rotatable bonds is 5. The molecule has 1 fully saturated rings. The predicted molar refractivity (Wildman–Crippen MR) is 58.7 cm³/mol. The van der Waals surface area contributed by atoms with Gasteiger partial charge in [-0.05, 0) is 26.2 Å². The average molecular weight is 224 g/mol. The van der Waals surface area contributed by atoms with E-state index in [2.05, 4.69) is 16.6 Å². The fourth-order valence-corrected chi connectivity index (χ4v) is 1.72. The number of hydrogen-bond acceptors (Lipinski definition) is 3. The van der Waals surface area contributed by atoms with Crippen molar-refractivity contribution in [1.82, 2.24) is 10.6 Å². The normalized spacial score (nSPS) is 19.0. The molecule has 5 heteroatoms. The summed E-state index contributed by atoms with van der Waals surface area (Å²) in [5.41, 5.74) is -0.924. The van der Waals surface area contributed by atoms with Crippen LogP contribution in [0.1, 0.15) is 26.2 Å². The van der Waals surface area contributed by atoms with Crippen LogP contribution in [0.15, 0.2) is 0 Å². The smallest absolute Gasteiger partial charge is 0.323 e. The van der Waals surface area contributed by atoms with Crippen molar-refractivity contribution in [3.8, 4) is 12.3 Å². The van der Waals surface area contributed by atoms with E-state index < -0.39 is 17.6 Å². The molecule has 0 aromatic heterocycles. The van der Waals surface area contributed by atoms with Crippen molar-refractivity contribution in [3.05, 3.63) is 0 Å². The van der Waals surface area contributed by atoms with E-state index in [0.717, 1.165) is 6.42 Å². The molecule has 0 aromatic rings. The highest BCUT2D eigenvalue weighted by Crippen LogP contribution is 2.32. The zero-order valence-corrected chi connectivity index (χ0v) is 9.25. The number of carbonyl (C=O) groups is 2. The largest absolute Gasteiger partial charge is 0.480 e. The van der Waals surface area contributed by atoms with Crippen molar-refractivity contribution < 1.29 is 14.7 Å². The third kappa shape index (κ3) is 2.52. The highest BCUT2D eigenvalue weighted by atomic mass is 16.4. The lowest BCUT2D eigenvalue weighted by molar-refractivity contribution is -0.149. The van der Waals surface area contributed by atoms with Gasteiger partial charge in [0, 0.05) is 0 Å². The number of terminal acetylenes is 1. The molecule has 5 nitrogen and oxygen atoms in total. The molecule has 0 aliphatic heterocycles. The number of nitrogens with one attached hydrogen (secondary N) is 2. The Hall–Kier alpha value is -1.54. The van der Waals surface area contributed by atoms with Gasteiger partial charge in [-0.2, -0.15) is 0 Å². The minimum Gasteiger partial charge on any atom is -0.480 e. The second kappa shape index (κ2) is 4.99. The minimum absolute atomic E-state index is 0.158. The summed E-state index contributed by atoms with van der Waals surface area (Å²) in [6, 6.07) is -0.551. The second-order valence-corrected chi connectivity index (χ2v) is 4.03. The zero-order valence-electron chi connectivity index (χ0n) is 9.25. The fraction of sp³-hybridized carbons (Fsp3) is 0.636. The van der Waals surface area contributed by atoms with Crippen LogP contribution in [0, 0.1) is 12.3 Å². The number of carboxylic acids is 1. The number of carbonyl (C=O) groups excluding carboxylic acids is 1. The van der Waals surface area contributed by atoms with Gasteiger partial charge < -0.3 is 10.4 Å². The first-order chi connectivity index (χ1) is 7.52. The van der Waals surface area contributed by atoms with Crippen LogP contribution in [-0.2, 0) is 9.59 Å². The Kier molecular flexibility index (Phi) is 3.91. The fourth-order valence-electron chi connectivity index (χ4n) is 1.72. The molecule has 1 rings (SSSR count). The van der Waals surface area contributed by atoms with E-state index in [1.807, 2.05) is 0 Å². The van der Waals surface area contributed by atoms with E-state index in [4.69, 9.17) is 11.5 Å². The maximum Gasteiger partial charge on any atom is 0.323 e. The summed E-state index contributed by atoms with van der Waals surface area (Å²) < 4.78 is 0. The molecule has 0 aromatic carbocycles. The average Bonchev–Trinajstić information content (AvgIpc) is 2.18. The minimum atomic E-state index is -0.924. The summed E-state index contributed by atoms with van der Waals surface area (Å²) >= 11 is 0. The molecule has 0 saturated heterocycles. The van der Waals surface area contributed by atoms with E-state index in [-0.39, 0.29) is 12.5 Å². The molecular weight excluding hydrogens is 208 g/mol. The summed E-state index contributed by atoms with van der Waals surface area (Å²) in [5.74, 6) is 1.13. The molecule has 3 N–H and O–H groups in total. The third-order valence-electron chi connectivity index (χ3n) is 2.87. The highest BCUT2D eigenvalue weighted by molar-refractivity contribution is 5.84. The van der Waals surface area contributed by atoms with Gasteiger partial charge >= 0.3 is 5.97 Å². The molecule has 1 amide bonds. The van der Waals surface area contributed by atoms with Crippen LogP contribution in [0.4, 0.5) is 0 Å². The van der Waals surface area contributed by atoms with Gasteiger partial charge in [-0.15, -0.1) is 6.42 Å². The number of aliphatic carboxylic acids is 1. The van der Waals surface area contributed by atoms with Gasteiger partial charge in [0.05, 0.1) is 12.6 Å². The summed E-state index contributed by atoms with van der Waals surface area (Å²) in [4.78, 5) is 22.5. The molecule has 0 spiro atoms. The number of hydrogen-bond donors (Lipinski definition) is 3. The lowest BCUT2D eigenvalue weighted by atomic mass is 9.76. The molecule has 1 aliphatic rings. The van der Waals surface area contributed by atoms with E-state index in [1.165, 1.54) is 0 Å². The second-order valence-electron chi connectivity index (χ2n) is 4.03. The van der Waals surface area contributed by atoms with Crippen molar-refractivity contribution in [1.29, 1.82) is 0 Å². The topological polar surface area (TPSA) is 78.4 Å². The van der Waals surface area contributed by atoms with Crippen LogP contribution in [0.25, 0.3) is 0 Å². The maximum atomic E-state index is 11.5. The molecule has 0 bridgehead atoms. The van der Waals surface area contributed by atoms with Gasteiger partial charge in [0.2, 0.25) is 5.91 Å². The monoisotopic (exact) mass is 224 g/mol. The van der Waals surface area contributed by atoms with E-state index in [0.29, 0.717) is 12.8 Å². The molecule has 0 heterocycles. The van der Waals surface area contributed by atoms with Crippen molar-refractivity contribution in [3.63, 3.8) is 0 Å². The van der Waals surface area contributed by atoms with Crippen molar-refractivity contribution in [2.75, 3.05) is 6.54 Å². The summed E-state index contributed by atoms with van der Waals surface area (Å²) in [7, 11) is 0. The Bertz CT molecular complexity index is 329. The lowest BCUT2D eigenvalue weighted by Gasteiger charge is -2.40. The van der Waals surface area contributed by atoms with Crippen LogP contribution < -0.4 is 10.6 Å². The van der Waals surface area contributed by atoms with Crippen molar-refractivity contribution in [2.45, 2.75) is 37.8 Å². The Balaban J connectivity index is 2.50. The number of carboxylic acid groups (broad SMARTS) is 1. The van der Waals surface area contributed by atoms with Gasteiger partial charge in [-0.3, -0.25) is 14.9 Å². The van der Waals surface area contributed by atoms with E-state index >= 15 is 0 Å². The molecule has 1 aliphatic carbocycles. The van der Waals surface area contributed by atoms with Crippen molar-refractivity contribution >= 4 is 11.9 Å². The summed E-state index contributed by atoms with van der Waals surface area (Å²) in [6.45, 7) is 1.79. The Labute approximate surface area is 94.6 Å². The van der Waals surface area contributed by atoms with E-state index in [9.17, 15) is 9.59 Å². The standard InChI is InChI=1S/C11H16N2O3/c1-3-7-12-9(14)8(2)13-11(10(15)16)5-4-6-11/h1,8,13H,4-7H2,2H3,(H,12,14)(H,15,16). The quantitative estimate of drug-likeness (QED) is 0.561. The molecule has 1 unspecified atom stereocenters. The summed E-state index contributed by atoms with van der Waals surface area (Å²) in [5, 5.41) is 14.4. The third-order valence-corrected chi connectivity index (χ3v) is 2.87. The van der Waals surface area contributed by atoms with Gasteiger partial charge in [0.25, 0.3) is 0 Å². The van der Waals surface area contributed by atoms with Gasteiger partial charge in [0.1, 0.15) is 5.54 Å². The van der Waals surface area contributed by atoms with Gasteiger partial charge in [-0.1, -0.05) is 5.92 Å². The summed E-state index contributed by atoms with van der Waals surface area (Å²) in [6.07, 6.45) is 7.01. The van der Waals surface area contributed by atoms with Crippen molar-refractivity contribution in [2.24, 2.45) is 0 Å². The first-order valence-electron chi connectivity index (χ1n) is 5.24. The first-order valence-corrected chi connectivity index (χ1v) is 5.24. The first kappa shape index (κ1) is 12.5. The van der Waals surface area contributed by atoms with Crippen LogP contribution in [0.2, 0.25) is 0 Å². The lowest BCUT2D eigenvalue weighted by Crippen LogP contribution is -2.62. The predicted octanol–water partition coefficient (Wildman–Crippen LogP) is -0.279. The van der Waals surface area contributed by atoms with E-state index in [1.54, 1.807) is 6.92 Å². The molecule has 88 valence electrons. The zero-order chi connectivity index (χ0) is 12.2. The molecule has 16 heavy (non-hydrogen) atoms. The Morgan fingerprint density at radius 1 is 1.56 bits per heavy atom. The van der Waals surface area contributed by atoms with Crippen LogP contribution in [0.3, 0.4) is 0 Å². The van der Waals surface area contributed by atoms with Crippen LogP contribution in [-0.4, -0.2) is 35.1 Å². The maximum absolute atomic E-state index is 11.5. The van der Waals surface area contributed by atoms with Gasteiger partial charge in [-0.25, -0.2) is 0 Å². The van der Waals surface area contributed by atoms with Gasteiger partial charge in [0.15, 0.2) is 0 Å². The molecule has 1 atom stereocenters.